The number of rotatable bonds is 5. The summed E-state index contributed by atoms with van der Waals surface area (Å²) in [4.78, 5) is 7.04. The number of pyridine rings is 1. The van der Waals surface area contributed by atoms with E-state index in [-0.39, 0.29) is 6.04 Å². The van der Waals surface area contributed by atoms with Crippen molar-refractivity contribution in [2.24, 2.45) is 11.7 Å². The summed E-state index contributed by atoms with van der Waals surface area (Å²) in [6, 6.07) is 5.03. The lowest BCUT2D eigenvalue weighted by molar-refractivity contribution is 0.706. The van der Waals surface area contributed by atoms with Crippen LogP contribution in [0.25, 0.3) is 0 Å². The summed E-state index contributed by atoms with van der Waals surface area (Å²) in [5, 5.41) is 0. The molecule has 0 amide bonds. The number of hydrogen-bond donors (Lipinski definition) is 1. The van der Waals surface area contributed by atoms with Crippen LogP contribution in [0.2, 0.25) is 0 Å². The fourth-order valence-corrected chi connectivity index (χ4v) is 2.27. The highest BCUT2D eigenvalue weighted by molar-refractivity contribution is 5.44. The van der Waals surface area contributed by atoms with Gasteiger partial charge in [0.2, 0.25) is 0 Å². The molecule has 0 aliphatic heterocycles. The van der Waals surface area contributed by atoms with Gasteiger partial charge >= 0.3 is 0 Å². The zero-order chi connectivity index (χ0) is 11.8. The molecular formula is C14H21N3. The largest absolute Gasteiger partial charge is 0.353 e. The molecule has 1 aromatic rings. The molecule has 1 atom stereocenters. The first kappa shape index (κ1) is 11.0. The molecule has 0 spiro atoms. The first-order valence-corrected chi connectivity index (χ1v) is 6.72. The summed E-state index contributed by atoms with van der Waals surface area (Å²) in [5.74, 6) is 2.05. The molecule has 3 heteroatoms. The highest BCUT2D eigenvalue weighted by atomic mass is 15.2. The average Bonchev–Trinajstić information content (AvgIpc) is 3.18. The molecule has 0 unspecified atom stereocenters. The Labute approximate surface area is 103 Å². The van der Waals surface area contributed by atoms with E-state index in [1.54, 1.807) is 0 Å². The topological polar surface area (TPSA) is 42.1 Å². The summed E-state index contributed by atoms with van der Waals surface area (Å²) in [5.41, 5.74) is 7.13. The molecule has 0 aromatic carbocycles. The highest BCUT2D eigenvalue weighted by Gasteiger charge is 2.34. The second-order valence-electron chi connectivity index (χ2n) is 5.56. The summed E-state index contributed by atoms with van der Waals surface area (Å²) in [6.45, 7) is 3.22. The smallest absolute Gasteiger partial charge is 0.129 e. The molecule has 1 aromatic heterocycles. The molecule has 0 bridgehead atoms. The van der Waals surface area contributed by atoms with Crippen LogP contribution in [0.4, 0.5) is 5.82 Å². The van der Waals surface area contributed by atoms with Gasteiger partial charge in [0.1, 0.15) is 5.82 Å². The number of aromatic nitrogens is 1. The van der Waals surface area contributed by atoms with Crippen molar-refractivity contribution in [3.8, 4) is 0 Å². The van der Waals surface area contributed by atoms with Crippen LogP contribution >= 0.6 is 0 Å². The fraction of sp³-hybridized carbons (Fsp3) is 0.643. The maximum absolute atomic E-state index is 5.94. The Morgan fingerprint density at radius 3 is 2.76 bits per heavy atom. The zero-order valence-electron chi connectivity index (χ0n) is 10.5. The van der Waals surface area contributed by atoms with Crippen molar-refractivity contribution < 1.29 is 0 Å². The van der Waals surface area contributed by atoms with E-state index in [0.717, 1.165) is 17.8 Å². The van der Waals surface area contributed by atoms with Crippen LogP contribution in [-0.4, -0.2) is 17.6 Å². The maximum Gasteiger partial charge on any atom is 0.129 e. The molecular weight excluding hydrogens is 210 g/mol. The van der Waals surface area contributed by atoms with Crippen molar-refractivity contribution in [2.45, 2.75) is 44.7 Å². The Kier molecular flexibility index (Phi) is 2.79. The Bertz CT molecular complexity index is 394. The third-order valence-corrected chi connectivity index (χ3v) is 3.73. The van der Waals surface area contributed by atoms with Gasteiger partial charge in [-0.05, 0) is 56.2 Å². The summed E-state index contributed by atoms with van der Waals surface area (Å²) < 4.78 is 0. The Morgan fingerprint density at radius 2 is 2.18 bits per heavy atom. The van der Waals surface area contributed by atoms with Gasteiger partial charge < -0.3 is 10.6 Å². The minimum Gasteiger partial charge on any atom is -0.353 e. The van der Waals surface area contributed by atoms with Gasteiger partial charge in [-0.1, -0.05) is 0 Å². The lowest BCUT2D eigenvalue weighted by atomic mass is 10.1. The Balaban J connectivity index is 1.80. The lowest BCUT2D eigenvalue weighted by Crippen LogP contribution is -2.29. The molecule has 0 saturated heterocycles. The van der Waals surface area contributed by atoms with E-state index in [1.165, 1.54) is 37.8 Å². The molecule has 3 rings (SSSR count). The summed E-state index contributed by atoms with van der Waals surface area (Å²) in [7, 11) is 0. The van der Waals surface area contributed by atoms with Crippen molar-refractivity contribution in [1.29, 1.82) is 0 Å². The summed E-state index contributed by atoms with van der Waals surface area (Å²) >= 11 is 0. The van der Waals surface area contributed by atoms with Gasteiger partial charge in [-0.2, -0.15) is 0 Å². The van der Waals surface area contributed by atoms with Crippen LogP contribution in [0, 0.1) is 5.92 Å². The van der Waals surface area contributed by atoms with Crippen LogP contribution in [0.3, 0.4) is 0 Å². The van der Waals surface area contributed by atoms with E-state index in [9.17, 15) is 0 Å². The van der Waals surface area contributed by atoms with E-state index in [2.05, 4.69) is 16.0 Å². The second-order valence-corrected chi connectivity index (χ2v) is 5.56. The number of anilines is 1. The van der Waals surface area contributed by atoms with Gasteiger partial charge in [0, 0.05) is 24.8 Å². The van der Waals surface area contributed by atoms with Gasteiger partial charge in [0.15, 0.2) is 0 Å². The lowest BCUT2D eigenvalue weighted by Gasteiger charge is -2.24. The van der Waals surface area contributed by atoms with Gasteiger partial charge in [0.25, 0.3) is 0 Å². The summed E-state index contributed by atoms with van der Waals surface area (Å²) in [6.07, 6.45) is 7.36. The quantitative estimate of drug-likeness (QED) is 0.846. The molecule has 2 N–H and O–H groups in total. The van der Waals surface area contributed by atoms with Crippen molar-refractivity contribution in [2.75, 3.05) is 11.4 Å². The van der Waals surface area contributed by atoms with Gasteiger partial charge in [-0.3, -0.25) is 0 Å². The third-order valence-electron chi connectivity index (χ3n) is 3.73. The SMILES string of the molecule is C[C@H](N)c1ccnc(N(CC2CC2)C2CC2)c1. The first-order valence-electron chi connectivity index (χ1n) is 6.72. The molecule has 1 heterocycles. The van der Waals surface area contributed by atoms with Crippen molar-refractivity contribution >= 4 is 5.82 Å². The molecule has 17 heavy (non-hydrogen) atoms. The van der Waals surface area contributed by atoms with E-state index in [0.29, 0.717) is 0 Å². The van der Waals surface area contributed by atoms with Crippen LogP contribution in [0.1, 0.15) is 44.2 Å². The minimum atomic E-state index is 0.0960. The van der Waals surface area contributed by atoms with E-state index in [4.69, 9.17) is 5.73 Å². The number of nitrogens with two attached hydrogens (primary N) is 1. The van der Waals surface area contributed by atoms with E-state index < -0.39 is 0 Å². The van der Waals surface area contributed by atoms with Gasteiger partial charge in [-0.25, -0.2) is 4.98 Å². The third kappa shape index (κ3) is 2.60. The molecule has 2 aliphatic carbocycles. The highest BCUT2D eigenvalue weighted by Crippen LogP contribution is 2.37. The fourth-order valence-electron chi connectivity index (χ4n) is 2.27. The minimum absolute atomic E-state index is 0.0960. The molecule has 3 nitrogen and oxygen atoms in total. The predicted octanol–water partition coefficient (Wildman–Crippen LogP) is 2.48. The predicted molar refractivity (Wildman–Crippen MR) is 69.9 cm³/mol. The van der Waals surface area contributed by atoms with Crippen LogP contribution in [0.15, 0.2) is 18.3 Å². The number of nitrogens with zero attached hydrogens (tertiary/aromatic N) is 2. The molecule has 92 valence electrons. The molecule has 2 fully saturated rings. The van der Waals surface area contributed by atoms with Crippen LogP contribution in [0.5, 0.6) is 0 Å². The van der Waals surface area contributed by atoms with E-state index in [1.807, 2.05) is 19.2 Å². The first-order chi connectivity index (χ1) is 8.24. The monoisotopic (exact) mass is 231 g/mol. The van der Waals surface area contributed by atoms with Gasteiger partial charge in [0.05, 0.1) is 0 Å². The normalized spacial score (nSPS) is 21.3. The standard InChI is InChI=1S/C14H21N3/c1-10(15)12-6-7-16-14(8-12)17(13-4-5-13)9-11-2-3-11/h6-8,10-11,13H,2-5,9,15H2,1H3/t10-/m0/s1. The Hall–Kier alpha value is -1.09. The van der Waals surface area contributed by atoms with Crippen molar-refractivity contribution in [3.63, 3.8) is 0 Å². The van der Waals surface area contributed by atoms with Gasteiger partial charge in [-0.15, -0.1) is 0 Å². The Morgan fingerprint density at radius 1 is 1.41 bits per heavy atom. The van der Waals surface area contributed by atoms with Crippen molar-refractivity contribution in [1.82, 2.24) is 4.98 Å². The zero-order valence-corrected chi connectivity index (χ0v) is 10.5. The van der Waals surface area contributed by atoms with Crippen LogP contribution in [-0.2, 0) is 0 Å². The van der Waals surface area contributed by atoms with Crippen LogP contribution < -0.4 is 10.6 Å². The maximum atomic E-state index is 5.94. The molecule has 2 saturated carbocycles. The average molecular weight is 231 g/mol. The van der Waals surface area contributed by atoms with Crippen molar-refractivity contribution in [3.05, 3.63) is 23.9 Å². The second kappa shape index (κ2) is 4.30. The molecule has 0 radical (unpaired) electrons. The van der Waals surface area contributed by atoms with E-state index >= 15 is 0 Å². The molecule has 2 aliphatic rings. The number of hydrogen-bond acceptors (Lipinski definition) is 3.